The number of hydrogen-bond acceptors (Lipinski definition) is 2. The van der Waals surface area contributed by atoms with Crippen LogP contribution in [0.25, 0.3) is 10.8 Å². The first-order chi connectivity index (χ1) is 13.2. The second-order valence-electron chi connectivity index (χ2n) is 7.57. The van der Waals surface area contributed by atoms with Gasteiger partial charge in [-0.25, -0.2) is 0 Å². The van der Waals surface area contributed by atoms with Gasteiger partial charge >= 0.3 is 12.1 Å². The fraction of sp³-hybridized carbons (Fsp3) is 0.429. The van der Waals surface area contributed by atoms with E-state index >= 15 is 0 Å². The van der Waals surface area contributed by atoms with Crippen molar-refractivity contribution in [3.05, 3.63) is 48.0 Å². The Morgan fingerprint density at radius 3 is 2.50 bits per heavy atom. The number of benzene rings is 2. The molecule has 1 atom stereocenters. The van der Waals surface area contributed by atoms with E-state index in [4.69, 9.17) is 0 Å². The summed E-state index contributed by atoms with van der Waals surface area (Å²) >= 11 is 0. The van der Waals surface area contributed by atoms with Crippen molar-refractivity contribution in [3.8, 4) is 0 Å². The Morgan fingerprint density at radius 2 is 1.82 bits per heavy atom. The van der Waals surface area contributed by atoms with Gasteiger partial charge in [-0.05, 0) is 29.2 Å². The van der Waals surface area contributed by atoms with E-state index in [0.717, 1.165) is 15.7 Å². The Balaban J connectivity index is 1.88. The van der Waals surface area contributed by atoms with E-state index < -0.39 is 18.1 Å². The molecule has 2 amide bonds. The van der Waals surface area contributed by atoms with Crippen LogP contribution in [-0.2, 0) is 4.79 Å². The van der Waals surface area contributed by atoms with Crippen LogP contribution in [0.2, 0.25) is 0 Å². The van der Waals surface area contributed by atoms with Crippen LogP contribution in [0.3, 0.4) is 0 Å². The van der Waals surface area contributed by atoms with Gasteiger partial charge in [0, 0.05) is 25.2 Å². The normalized spacial score (nSPS) is 17.4. The Kier molecular flexibility index (Phi) is 5.63. The van der Waals surface area contributed by atoms with Gasteiger partial charge in [0.05, 0.1) is 6.04 Å². The fourth-order valence-corrected chi connectivity index (χ4v) is 3.72. The Hall–Kier alpha value is -2.57. The third-order valence-electron chi connectivity index (χ3n) is 4.98. The van der Waals surface area contributed by atoms with Gasteiger partial charge in [0.25, 0.3) is 5.91 Å². The SMILES string of the molecule is CC(C)CN(C(=O)c1cccc2ccccc12)[C@H]1CCN(C(=O)C(F)(F)F)C1. The van der Waals surface area contributed by atoms with Gasteiger partial charge in [0.2, 0.25) is 0 Å². The summed E-state index contributed by atoms with van der Waals surface area (Å²) in [5.74, 6) is -1.90. The monoisotopic (exact) mass is 392 g/mol. The minimum atomic E-state index is -4.89. The molecule has 0 aliphatic carbocycles. The minimum absolute atomic E-state index is 0.000419. The van der Waals surface area contributed by atoms with Gasteiger partial charge in [-0.2, -0.15) is 13.2 Å². The molecule has 7 heteroatoms. The molecule has 0 spiro atoms. The van der Waals surface area contributed by atoms with E-state index in [0.29, 0.717) is 18.5 Å². The average molecular weight is 392 g/mol. The standard InChI is InChI=1S/C21H23F3N2O2/c1-14(2)12-26(16-10-11-25(13-16)20(28)21(22,23)24)19(27)18-9-5-7-15-6-3-4-8-17(15)18/h3-9,14,16H,10-13H2,1-2H3/t16-/m0/s1. The molecule has 1 aliphatic rings. The maximum Gasteiger partial charge on any atom is 0.471 e. The molecule has 0 saturated carbocycles. The quantitative estimate of drug-likeness (QED) is 0.786. The molecule has 2 aromatic carbocycles. The fourth-order valence-electron chi connectivity index (χ4n) is 3.72. The first kappa shape index (κ1) is 20.2. The number of fused-ring (bicyclic) bond motifs is 1. The minimum Gasteiger partial charge on any atom is -0.334 e. The van der Waals surface area contributed by atoms with Crippen LogP contribution in [-0.4, -0.2) is 53.5 Å². The number of carbonyl (C=O) groups excluding carboxylic acids is 2. The Morgan fingerprint density at radius 1 is 1.14 bits per heavy atom. The number of halogens is 3. The van der Waals surface area contributed by atoms with Crippen LogP contribution in [0, 0.1) is 5.92 Å². The molecular weight excluding hydrogens is 369 g/mol. The van der Waals surface area contributed by atoms with E-state index in [-0.39, 0.29) is 24.9 Å². The molecule has 1 heterocycles. The average Bonchev–Trinajstić information content (AvgIpc) is 3.13. The number of likely N-dealkylation sites (tertiary alicyclic amines) is 1. The molecule has 28 heavy (non-hydrogen) atoms. The molecule has 0 unspecified atom stereocenters. The maximum absolute atomic E-state index is 13.4. The number of nitrogens with zero attached hydrogens (tertiary/aromatic N) is 2. The van der Waals surface area contributed by atoms with Crippen LogP contribution < -0.4 is 0 Å². The van der Waals surface area contributed by atoms with Gasteiger partial charge in [0.15, 0.2) is 0 Å². The molecule has 150 valence electrons. The number of amides is 2. The van der Waals surface area contributed by atoms with E-state index in [1.165, 1.54) is 0 Å². The lowest BCUT2D eigenvalue weighted by atomic mass is 10.0. The van der Waals surface area contributed by atoms with Crippen molar-refractivity contribution >= 4 is 22.6 Å². The molecule has 0 aromatic heterocycles. The first-order valence-corrected chi connectivity index (χ1v) is 9.33. The molecule has 0 radical (unpaired) electrons. The Labute approximate surface area is 161 Å². The van der Waals surface area contributed by atoms with Gasteiger partial charge in [0.1, 0.15) is 0 Å². The summed E-state index contributed by atoms with van der Waals surface area (Å²) in [5.41, 5.74) is 0.527. The second kappa shape index (κ2) is 7.81. The third-order valence-corrected chi connectivity index (χ3v) is 4.98. The predicted molar refractivity (Wildman–Crippen MR) is 101 cm³/mol. The van der Waals surface area contributed by atoms with Crippen molar-refractivity contribution in [2.75, 3.05) is 19.6 Å². The zero-order valence-electron chi connectivity index (χ0n) is 15.9. The third kappa shape index (κ3) is 4.13. The van der Waals surface area contributed by atoms with E-state index in [2.05, 4.69) is 0 Å². The predicted octanol–water partition coefficient (Wildman–Crippen LogP) is 4.10. The molecule has 0 N–H and O–H groups in total. The molecular formula is C21H23F3N2O2. The maximum atomic E-state index is 13.4. The van der Waals surface area contributed by atoms with Crippen molar-refractivity contribution in [1.29, 1.82) is 0 Å². The van der Waals surface area contributed by atoms with Crippen LogP contribution in [0.1, 0.15) is 30.6 Å². The van der Waals surface area contributed by atoms with Gasteiger partial charge in [-0.3, -0.25) is 9.59 Å². The number of alkyl halides is 3. The molecule has 1 saturated heterocycles. The molecule has 4 nitrogen and oxygen atoms in total. The highest BCUT2D eigenvalue weighted by Crippen LogP contribution is 2.27. The summed E-state index contributed by atoms with van der Waals surface area (Å²) in [5, 5.41) is 1.74. The summed E-state index contributed by atoms with van der Waals surface area (Å²) in [6.45, 7) is 4.23. The molecule has 1 fully saturated rings. The zero-order valence-corrected chi connectivity index (χ0v) is 15.9. The highest BCUT2D eigenvalue weighted by Gasteiger charge is 2.45. The highest BCUT2D eigenvalue weighted by molar-refractivity contribution is 6.07. The summed E-state index contributed by atoms with van der Waals surface area (Å²) in [6, 6.07) is 12.6. The number of rotatable bonds is 4. The highest BCUT2D eigenvalue weighted by atomic mass is 19.4. The van der Waals surface area contributed by atoms with Gasteiger partial charge < -0.3 is 9.80 Å². The molecule has 0 bridgehead atoms. The molecule has 2 aromatic rings. The van der Waals surface area contributed by atoms with Crippen molar-refractivity contribution in [3.63, 3.8) is 0 Å². The van der Waals surface area contributed by atoms with Gasteiger partial charge in [-0.15, -0.1) is 0 Å². The lowest BCUT2D eigenvalue weighted by Gasteiger charge is -2.31. The number of carbonyl (C=O) groups is 2. The largest absolute Gasteiger partial charge is 0.471 e. The van der Waals surface area contributed by atoms with Crippen molar-refractivity contribution in [2.45, 2.75) is 32.5 Å². The van der Waals surface area contributed by atoms with Crippen molar-refractivity contribution in [2.24, 2.45) is 5.92 Å². The topological polar surface area (TPSA) is 40.6 Å². The van der Waals surface area contributed by atoms with Crippen LogP contribution >= 0.6 is 0 Å². The van der Waals surface area contributed by atoms with Crippen LogP contribution in [0.5, 0.6) is 0 Å². The molecule has 3 rings (SSSR count). The van der Waals surface area contributed by atoms with Crippen LogP contribution in [0.15, 0.2) is 42.5 Å². The first-order valence-electron chi connectivity index (χ1n) is 9.33. The van der Waals surface area contributed by atoms with E-state index in [1.807, 2.05) is 44.2 Å². The van der Waals surface area contributed by atoms with E-state index in [9.17, 15) is 22.8 Å². The summed E-state index contributed by atoms with van der Waals surface area (Å²) in [6.07, 6.45) is -4.55. The van der Waals surface area contributed by atoms with Gasteiger partial charge in [-0.1, -0.05) is 50.2 Å². The lowest BCUT2D eigenvalue weighted by molar-refractivity contribution is -0.184. The molecule has 1 aliphatic heterocycles. The smallest absolute Gasteiger partial charge is 0.334 e. The van der Waals surface area contributed by atoms with Crippen molar-refractivity contribution in [1.82, 2.24) is 9.80 Å². The van der Waals surface area contributed by atoms with Crippen LogP contribution in [0.4, 0.5) is 13.2 Å². The summed E-state index contributed by atoms with van der Waals surface area (Å²) in [4.78, 5) is 27.4. The number of hydrogen-bond donors (Lipinski definition) is 0. The Bertz CT molecular complexity index is 874. The van der Waals surface area contributed by atoms with E-state index in [1.54, 1.807) is 17.0 Å². The zero-order chi connectivity index (χ0) is 20.5. The second-order valence-corrected chi connectivity index (χ2v) is 7.57. The summed E-state index contributed by atoms with van der Waals surface area (Å²) < 4.78 is 38.3. The summed E-state index contributed by atoms with van der Waals surface area (Å²) in [7, 11) is 0. The lowest BCUT2D eigenvalue weighted by Crippen LogP contribution is -2.46. The van der Waals surface area contributed by atoms with Crippen molar-refractivity contribution < 1.29 is 22.8 Å².